The van der Waals surface area contributed by atoms with Gasteiger partial charge in [0.15, 0.2) is 0 Å². The maximum atomic E-state index is 9.70. The van der Waals surface area contributed by atoms with Crippen molar-refractivity contribution in [3.05, 3.63) is 0 Å². The second kappa shape index (κ2) is 6.72. The number of hydrogen-bond acceptors (Lipinski definition) is 3. The zero-order chi connectivity index (χ0) is 12.1. The normalized spacial score (nSPS) is 36.7. The van der Waals surface area contributed by atoms with Crippen molar-refractivity contribution < 1.29 is 14.9 Å². The molecule has 0 spiro atoms. The Hall–Kier alpha value is -0.120. The summed E-state index contributed by atoms with van der Waals surface area (Å²) in [5, 5.41) is 18.8. The first kappa shape index (κ1) is 13.3. The first-order valence-electron chi connectivity index (χ1n) is 7.24. The van der Waals surface area contributed by atoms with E-state index in [1.807, 2.05) is 0 Å². The monoisotopic (exact) mass is 242 g/mol. The largest absolute Gasteiger partial charge is 0.394 e. The summed E-state index contributed by atoms with van der Waals surface area (Å²) < 4.78 is 5.70. The molecule has 1 saturated carbocycles. The van der Waals surface area contributed by atoms with E-state index in [1.54, 1.807) is 0 Å². The average Bonchev–Trinajstić information content (AvgIpc) is 2.62. The number of aliphatic hydroxyl groups excluding tert-OH is 2. The van der Waals surface area contributed by atoms with Crippen LogP contribution in [0.3, 0.4) is 0 Å². The fourth-order valence-corrected chi connectivity index (χ4v) is 3.28. The molecule has 1 heterocycles. The second-order valence-electron chi connectivity index (χ2n) is 5.73. The molecule has 100 valence electrons. The highest BCUT2D eigenvalue weighted by Crippen LogP contribution is 2.31. The number of rotatable bonds is 3. The Labute approximate surface area is 104 Å². The van der Waals surface area contributed by atoms with E-state index in [-0.39, 0.29) is 18.8 Å². The number of hydrogen-bond donors (Lipinski definition) is 2. The lowest BCUT2D eigenvalue weighted by Gasteiger charge is -2.22. The molecule has 3 nitrogen and oxygen atoms in total. The summed E-state index contributed by atoms with van der Waals surface area (Å²) >= 11 is 0. The summed E-state index contributed by atoms with van der Waals surface area (Å²) in [5.74, 6) is 0.768. The molecule has 3 heteroatoms. The molecular formula is C14H26O3. The average molecular weight is 242 g/mol. The fraction of sp³-hybridized carbons (Fsp3) is 1.00. The van der Waals surface area contributed by atoms with Crippen molar-refractivity contribution in [1.82, 2.24) is 0 Å². The summed E-state index contributed by atoms with van der Waals surface area (Å²) in [6.45, 7) is -0.0532. The van der Waals surface area contributed by atoms with E-state index in [2.05, 4.69) is 0 Å². The van der Waals surface area contributed by atoms with Gasteiger partial charge in [-0.3, -0.25) is 0 Å². The molecule has 0 aromatic heterocycles. The van der Waals surface area contributed by atoms with Gasteiger partial charge in [0.1, 0.15) is 6.10 Å². The van der Waals surface area contributed by atoms with Gasteiger partial charge in [-0.25, -0.2) is 0 Å². The molecule has 0 radical (unpaired) electrons. The van der Waals surface area contributed by atoms with Crippen LogP contribution in [0.5, 0.6) is 0 Å². The molecule has 1 aliphatic heterocycles. The molecule has 2 fully saturated rings. The highest BCUT2D eigenvalue weighted by atomic mass is 16.5. The Morgan fingerprint density at radius 1 is 1.00 bits per heavy atom. The van der Waals surface area contributed by atoms with E-state index in [4.69, 9.17) is 9.84 Å². The zero-order valence-corrected chi connectivity index (χ0v) is 10.7. The molecule has 0 amide bonds. The molecule has 1 unspecified atom stereocenters. The standard InChI is InChI=1S/C14H26O3/c15-10-14-13(16)9-12(17-14)8-11-6-4-2-1-3-5-7-11/h11-16H,1-10H2/t12-,13+,14?/m0/s1. The minimum atomic E-state index is -0.460. The van der Waals surface area contributed by atoms with Crippen LogP contribution in [0.1, 0.15) is 57.8 Å². The van der Waals surface area contributed by atoms with Crippen LogP contribution in [0.2, 0.25) is 0 Å². The molecule has 0 aromatic carbocycles. The van der Waals surface area contributed by atoms with Gasteiger partial charge in [-0.05, 0) is 12.3 Å². The van der Waals surface area contributed by atoms with Crippen molar-refractivity contribution in [3.63, 3.8) is 0 Å². The third kappa shape index (κ3) is 3.94. The molecule has 2 aliphatic rings. The van der Waals surface area contributed by atoms with Crippen molar-refractivity contribution in [2.45, 2.75) is 76.1 Å². The van der Waals surface area contributed by atoms with Gasteiger partial charge < -0.3 is 14.9 Å². The lowest BCUT2D eigenvalue weighted by molar-refractivity contribution is -0.0283. The Morgan fingerprint density at radius 3 is 2.24 bits per heavy atom. The lowest BCUT2D eigenvalue weighted by Crippen LogP contribution is -2.24. The van der Waals surface area contributed by atoms with Crippen LogP contribution in [0.15, 0.2) is 0 Å². The van der Waals surface area contributed by atoms with E-state index in [9.17, 15) is 5.11 Å². The molecule has 1 aliphatic carbocycles. The van der Waals surface area contributed by atoms with Crippen LogP contribution >= 0.6 is 0 Å². The quantitative estimate of drug-likeness (QED) is 0.798. The molecule has 2 N–H and O–H groups in total. The second-order valence-corrected chi connectivity index (χ2v) is 5.73. The third-order valence-corrected chi connectivity index (χ3v) is 4.30. The molecular weight excluding hydrogens is 216 g/mol. The molecule has 0 bridgehead atoms. The van der Waals surface area contributed by atoms with Crippen molar-refractivity contribution in [3.8, 4) is 0 Å². The highest BCUT2D eigenvalue weighted by molar-refractivity contribution is 4.83. The molecule has 1 saturated heterocycles. The highest BCUT2D eigenvalue weighted by Gasteiger charge is 2.34. The SMILES string of the molecule is OCC1O[C@@H](CC2CCCCCCC2)C[C@H]1O. The van der Waals surface area contributed by atoms with Crippen LogP contribution in [0.25, 0.3) is 0 Å². The van der Waals surface area contributed by atoms with Crippen molar-refractivity contribution >= 4 is 0 Å². The van der Waals surface area contributed by atoms with Crippen molar-refractivity contribution in [2.24, 2.45) is 5.92 Å². The molecule has 0 aromatic rings. The van der Waals surface area contributed by atoms with E-state index < -0.39 is 6.10 Å². The van der Waals surface area contributed by atoms with Crippen LogP contribution in [0, 0.1) is 5.92 Å². The fourth-order valence-electron chi connectivity index (χ4n) is 3.28. The summed E-state index contributed by atoms with van der Waals surface area (Å²) in [6.07, 6.45) is 10.7. The maximum absolute atomic E-state index is 9.70. The van der Waals surface area contributed by atoms with E-state index in [0.717, 1.165) is 12.3 Å². The van der Waals surface area contributed by atoms with Crippen LogP contribution in [-0.4, -0.2) is 35.1 Å². The topological polar surface area (TPSA) is 49.7 Å². The van der Waals surface area contributed by atoms with Gasteiger partial charge in [0, 0.05) is 6.42 Å². The van der Waals surface area contributed by atoms with E-state index in [1.165, 1.54) is 44.9 Å². The van der Waals surface area contributed by atoms with Crippen molar-refractivity contribution in [1.29, 1.82) is 0 Å². The summed E-state index contributed by atoms with van der Waals surface area (Å²) in [4.78, 5) is 0. The lowest BCUT2D eigenvalue weighted by atomic mass is 9.86. The minimum Gasteiger partial charge on any atom is -0.394 e. The van der Waals surface area contributed by atoms with Gasteiger partial charge in [-0.2, -0.15) is 0 Å². The molecule has 2 rings (SSSR count). The first-order chi connectivity index (χ1) is 8.29. The number of ether oxygens (including phenoxy) is 1. The predicted octanol–water partition coefficient (Wildman–Crippen LogP) is 2.25. The van der Waals surface area contributed by atoms with Gasteiger partial charge in [-0.1, -0.05) is 44.9 Å². The summed E-state index contributed by atoms with van der Waals surface area (Å²) in [5.41, 5.74) is 0. The summed E-state index contributed by atoms with van der Waals surface area (Å²) in [7, 11) is 0. The minimum absolute atomic E-state index is 0.0532. The Kier molecular flexibility index (Phi) is 5.26. The Morgan fingerprint density at radius 2 is 1.65 bits per heavy atom. The van der Waals surface area contributed by atoms with Gasteiger partial charge in [0.2, 0.25) is 0 Å². The van der Waals surface area contributed by atoms with Crippen LogP contribution < -0.4 is 0 Å². The van der Waals surface area contributed by atoms with Gasteiger partial charge >= 0.3 is 0 Å². The maximum Gasteiger partial charge on any atom is 0.107 e. The first-order valence-corrected chi connectivity index (χ1v) is 7.24. The van der Waals surface area contributed by atoms with Crippen molar-refractivity contribution in [2.75, 3.05) is 6.61 Å². The van der Waals surface area contributed by atoms with Crippen LogP contribution in [-0.2, 0) is 4.74 Å². The van der Waals surface area contributed by atoms with Gasteiger partial charge in [0.05, 0.1) is 18.8 Å². The zero-order valence-electron chi connectivity index (χ0n) is 10.7. The van der Waals surface area contributed by atoms with Crippen LogP contribution in [0.4, 0.5) is 0 Å². The van der Waals surface area contributed by atoms with Gasteiger partial charge in [0.25, 0.3) is 0 Å². The molecule has 3 atom stereocenters. The smallest absolute Gasteiger partial charge is 0.107 e. The number of aliphatic hydroxyl groups is 2. The van der Waals surface area contributed by atoms with E-state index >= 15 is 0 Å². The molecule has 17 heavy (non-hydrogen) atoms. The third-order valence-electron chi connectivity index (χ3n) is 4.30. The Balaban J connectivity index is 1.76. The predicted molar refractivity (Wildman–Crippen MR) is 66.8 cm³/mol. The van der Waals surface area contributed by atoms with Gasteiger partial charge in [-0.15, -0.1) is 0 Å². The summed E-state index contributed by atoms with van der Waals surface area (Å²) in [6, 6.07) is 0. The van der Waals surface area contributed by atoms with E-state index in [0.29, 0.717) is 6.42 Å². The Bertz CT molecular complexity index is 212.